The molecule has 3 aliphatic rings. The Kier molecular flexibility index (Phi) is 28.4. The van der Waals surface area contributed by atoms with E-state index in [0.29, 0.717) is 77.2 Å². The van der Waals surface area contributed by atoms with Gasteiger partial charge in [0.25, 0.3) is 0 Å². The van der Waals surface area contributed by atoms with Crippen molar-refractivity contribution in [1.29, 1.82) is 5.41 Å². The van der Waals surface area contributed by atoms with E-state index in [2.05, 4.69) is 99.3 Å². The Morgan fingerprint density at radius 2 is 1.38 bits per heavy atom. The molecule has 0 spiro atoms. The van der Waals surface area contributed by atoms with Crippen LogP contribution in [0, 0.1) is 5.41 Å². The van der Waals surface area contributed by atoms with Gasteiger partial charge in [0.2, 0.25) is 39.4 Å². The number of carbonyl (C=O) groups is 4. The van der Waals surface area contributed by atoms with E-state index in [4.69, 9.17) is 9.83 Å². The summed E-state index contributed by atoms with van der Waals surface area (Å²) >= 11 is 1.22. The molecule has 8 rings (SSSR count). The van der Waals surface area contributed by atoms with Gasteiger partial charge >= 0.3 is 6.03 Å². The van der Waals surface area contributed by atoms with Gasteiger partial charge in [0.1, 0.15) is 65.1 Å². The molecular weight excluding hydrogens is 1320 g/mol. The van der Waals surface area contributed by atoms with Crippen LogP contribution in [-0.4, -0.2) is 150 Å². The number of unbranched alkanes of at least 4 members (excludes halogenated alkanes) is 10. The number of likely N-dealkylation sites (tertiary alicyclic amines) is 1. The summed E-state index contributed by atoms with van der Waals surface area (Å²) in [5.41, 5.74) is 5.16. The first kappa shape index (κ1) is 77.0. The molecule has 23 nitrogen and oxygen atoms in total. The van der Waals surface area contributed by atoms with Gasteiger partial charge in [-0.15, -0.1) is 11.3 Å². The zero-order valence-corrected chi connectivity index (χ0v) is 61.6. The molecule has 2 aromatic heterocycles. The van der Waals surface area contributed by atoms with Gasteiger partial charge in [-0.1, -0.05) is 87.8 Å². The highest BCUT2D eigenvalue weighted by atomic mass is 32.2. The number of thiazole rings is 1. The van der Waals surface area contributed by atoms with Crippen molar-refractivity contribution in [3.8, 4) is 22.5 Å². The number of piperidine rings is 1. The number of nitrogens with one attached hydrogen (secondary N) is 7. The largest absolute Gasteiger partial charge is 0.744 e. The lowest BCUT2D eigenvalue weighted by molar-refractivity contribution is -0.895. The average molecular weight is 1420 g/mol. The van der Waals surface area contributed by atoms with Crippen LogP contribution in [0.15, 0.2) is 117 Å². The van der Waals surface area contributed by atoms with Gasteiger partial charge in [-0.2, -0.15) is 0 Å². The Morgan fingerprint density at radius 1 is 0.747 bits per heavy atom. The summed E-state index contributed by atoms with van der Waals surface area (Å²) in [5, 5.41) is 26.5. The number of imidazole rings is 1. The summed E-state index contributed by atoms with van der Waals surface area (Å²) in [6.07, 6.45) is 16.4. The number of rotatable bonds is 38. The number of hydrogen-bond donors (Lipinski definition) is 7. The highest BCUT2D eigenvalue weighted by Crippen LogP contribution is 2.43. The topological polar surface area (TPSA) is 289 Å². The summed E-state index contributed by atoms with van der Waals surface area (Å²) in [4.78, 5) is 56.6. The van der Waals surface area contributed by atoms with Crippen molar-refractivity contribution in [1.82, 2.24) is 45.0 Å². The number of fused-ring (bicyclic) bond motifs is 2. The second-order valence-electron chi connectivity index (χ2n) is 26.7. The highest BCUT2D eigenvalue weighted by molar-refractivity contribution is 7.89. The number of carbonyl (C=O) groups excluding carboxylic acids is 4. The Morgan fingerprint density at radius 3 is 2.01 bits per heavy atom. The summed E-state index contributed by atoms with van der Waals surface area (Å²) < 4.78 is 84.6. The van der Waals surface area contributed by atoms with E-state index in [1.807, 2.05) is 78.7 Å². The molecule has 1 aliphatic carbocycles. The quantitative estimate of drug-likeness (QED) is 0.00645. The Bertz CT molecular complexity index is 4180. The van der Waals surface area contributed by atoms with E-state index >= 15 is 0 Å². The molecule has 0 radical (unpaired) electrons. The van der Waals surface area contributed by atoms with Crippen LogP contribution in [0.25, 0.3) is 33.4 Å². The smallest absolute Gasteiger partial charge is 0.314 e. The number of amides is 5. The Hall–Kier alpha value is -7.75. The third kappa shape index (κ3) is 22.1. The van der Waals surface area contributed by atoms with E-state index < -0.39 is 43.0 Å². The molecule has 3 aromatic carbocycles. The van der Waals surface area contributed by atoms with Crippen molar-refractivity contribution < 1.29 is 54.0 Å². The first-order valence-electron chi connectivity index (χ1n) is 35.3. The van der Waals surface area contributed by atoms with Gasteiger partial charge in [-0.05, 0) is 95.7 Å². The number of aryl methyl sites for hydroxylation is 1. The lowest BCUT2D eigenvalue weighted by atomic mass is 9.93. The summed E-state index contributed by atoms with van der Waals surface area (Å²) in [6, 6.07) is 23.0. The van der Waals surface area contributed by atoms with Gasteiger partial charge in [0.15, 0.2) is 4.80 Å². The highest BCUT2D eigenvalue weighted by Gasteiger charge is 2.34. The molecule has 1 saturated heterocycles. The Balaban J connectivity index is 0.745. The van der Waals surface area contributed by atoms with Crippen molar-refractivity contribution in [3.63, 3.8) is 0 Å². The SMILES string of the molecule is CCN(CC)c1ccc2c(-c3ccc(S(=O)(=O)NCCCCCCCCCCCCNC(=O)NCCCC[C@H](NC(=O)Cc4csc(=N)n4C)C(=O)N[C@@H](Cc4c[n+](Cc5ccccc5)cn4C)C(=O)NC4CC[N+](C)(C)CC4)cc3S(=O)(=O)[O-])c3ccc(=[N+](CC)CC)cc-3oc2c1. The van der Waals surface area contributed by atoms with E-state index in [1.165, 1.54) is 23.5 Å². The zero-order valence-electron chi connectivity index (χ0n) is 59.1. The molecule has 26 heteroatoms. The minimum Gasteiger partial charge on any atom is -0.744 e. The maximum atomic E-state index is 14.4. The normalized spacial score (nSPS) is 14.0. The third-order valence-corrected chi connectivity index (χ3v) is 22.2. The molecule has 5 aromatic rings. The first-order valence-corrected chi connectivity index (χ1v) is 39.1. The molecule has 7 N–H and O–H groups in total. The van der Waals surface area contributed by atoms with E-state index in [1.54, 1.807) is 17.0 Å². The van der Waals surface area contributed by atoms with Crippen LogP contribution in [0.1, 0.15) is 141 Å². The molecule has 99 heavy (non-hydrogen) atoms. The van der Waals surface area contributed by atoms with Crippen molar-refractivity contribution in [3.05, 3.63) is 130 Å². The van der Waals surface area contributed by atoms with Gasteiger partial charge in [0, 0.05) is 116 Å². The lowest BCUT2D eigenvalue weighted by Crippen LogP contribution is -2.57. The number of sulfonamides is 1. The molecular formula is C73H105N13O10S3+2. The molecule has 2 aliphatic heterocycles. The number of anilines is 1. The molecule has 4 heterocycles. The second-order valence-corrected chi connectivity index (χ2v) is 30.7. The number of nitrogens with zero attached hydrogens (tertiary/aromatic N) is 6. The summed E-state index contributed by atoms with van der Waals surface area (Å²) in [5.74, 6) is -0.642. The Labute approximate surface area is 588 Å². The zero-order chi connectivity index (χ0) is 71.3. The lowest BCUT2D eigenvalue weighted by Gasteiger charge is -2.37. The van der Waals surface area contributed by atoms with Crippen LogP contribution in [0.2, 0.25) is 0 Å². The van der Waals surface area contributed by atoms with E-state index in [9.17, 15) is 40.6 Å². The number of hydrogen-bond acceptors (Lipinski definition) is 13. The minimum absolute atomic E-state index is 0.0290. The average Bonchev–Trinajstić information content (AvgIpc) is 1.74. The molecule has 0 saturated carbocycles. The molecule has 2 atom stereocenters. The van der Waals surface area contributed by atoms with Gasteiger partial charge in [-0.3, -0.25) is 19.8 Å². The number of urea groups is 1. The van der Waals surface area contributed by atoms with Crippen LogP contribution in [0.4, 0.5) is 10.5 Å². The van der Waals surface area contributed by atoms with Crippen LogP contribution < -0.4 is 55.5 Å². The summed E-state index contributed by atoms with van der Waals surface area (Å²) in [7, 11) is -1.34. The molecule has 1 fully saturated rings. The van der Waals surface area contributed by atoms with Crippen LogP contribution in [0.3, 0.4) is 0 Å². The molecule has 0 unspecified atom stereocenters. The molecule has 0 bridgehead atoms. The van der Waals surface area contributed by atoms with Gasteiger partial charge in [0.05, 0.1) is 56.5 Å². The maximum Gasteiger partial charge on any atom is 0.314 e. The second kappa shape index (κ2) is 36.5. The van der Waals surface area contributed by atoms with E-state index in [-0.39, 0.29) is 60.2 Å². The predicted molar refractivity (Wildman–Crippen MR) is 387 cm³/mol. The van der Waals surface area contributed by atoms with Gasteiger partial charge < -0.3 is 49.5 Å². The fourth-order valence-electron chi connectivity index (χ4n) is 13.1. The standard InChI is InChI=1S/C73H103N13O10S3/c1-9-84(10-2)55-31-34-60-65(45-55)96-66-46-56(85(11-3)12-4)32-35-61(66)69(60)62-36-33-59(48-67(62)99(93,94)95)98(91,92)77-41-26-20-18-16-14-13-15-17-19-25-39-75-73(90)76-40-27-24-30-63(79-68(87)47-58-51-97-72(74)82(58)6)70(88)80-64(71(89)78-54-37-42-86(7,8)43-38-54)44-57-50-83(52-81(57)5)49-53-28-22-21-23-29-53/h21-23,28-29,31-36,45-46,48,50-52,54,63-64,74,77H,9-20,24-27,30,37-44,47,49H2,1-8H3,(H3-3,75,76,78,79,80,87,88,89,90,93,94,95)/p+2/t63-,64-/m0/s1. The van der Waals surface area contributed by atoms with E-state index in [0.717, 1.165) is 143 Å². The van der Waals surface area contributed by atoms with Crippen molar-refractivity contribution in [2.75, 3.05) is 77.9 Å². The number of aromatic nitrogens is 3. The third-order valence-electron chi connectivity index (χ3n) is 19.0. The van der Waals surface area contributed by atoms with Crippen molar-refractivity contribution in [2.45, 2.75) is 171 Å². The van der Waals surface area contributed by atoms with Crippen LogP contribution in [-0.2, 0) is 68.0 Å². The summed E-state index contributed by atoms with van der Waals surface area (Å²) in [6.45, 7) is 14.8. The fourth-order valence-corrected chi connectivity index (χ4v) is 15.7. The van der Waals surface area contributed by atoms with Crippen LogP contribution >= 0.6 is 11.3 Å². The van der Waals surface area contributed by atoms with Gasteiger partial charge in [-0.25, -0.2) is 40.1 Å². The van der Waals surface area contributed by atoms with Crippen molar-refractivity contribution in [2.24, 2.45) is 14.1 Å². The first-order chi connectivity index (χ1) is 47.4. The predicted octanol–water partition coefficient (Wildman–Crippen LogP) is 7.78. The van der Waals surface area contributed by atoms with Crippen molar-refractivity contribution >= 4 is 71.9 Å². The number of benzene rings is 4. The molecule has 538 valence electrons. The fraction of sp³-hybridized carbons (Fsp3) is 0.521. The number of quaternary nitrogens is 1. The maximum absolute atomic E-state index is 14.4. The van der Waals surface area contributed by atoms with Crippen LogP contribution in [0.5, 0.6) is 0 Å². The minimum atomic E-state index is -5.18. The monoisotopic (exact) mass is 1420 g/mol. The molecule has 5 amide bonds.